The van der Waals surface area contributed by atoms with Gasteiger partial charge in [0, 0.05) is 5.54 Å². The number of aliphatic hydroxyl groups is 2. The maximum absolute atomic E-state index is 11.0. The van der Waals surface area contributed by atoms with Crippen LogP contribution in [0.3, 0.4) is 0 Å². The summed E-state index contributed by atoms with van der Waals surface area (Å²) in [4.78, 5) is 0. The summed E-state index contributed by atoms with van der Waals surface area (Å²) in [6.45, 7) is 25.2. The molecule has 0 aliphatic heterocycles. The number of hydrogen-bond donors (Lipinski definition) is 3. The zero-order valence-corrected chi connectivity index (χ0v) is 26.3. The Balaban J connectivity index is 1.47. The number of hydrogen-bond acceptors (Lipinski definition) is 3. The van der Waals surface area contributed by atoms with Crippen molar-refractivity contribution in [1.29, 1.82) is 0 Å². The zero-order chi connectivity index (χ0) is 27.9. The molecule has 0 aromatic heterocycles. The first-order chi connectivity index (χ1) is 17.6. The second-order valence-electron chi connectivity index (χ2n) is 17.1. The van der Waals surface area contributed by atoms with Crippen LogP contribution in [0.5, 0.6) is 0 Å². The SMILES string of the molecule is C=C(C)[C@@H]1CC[C@]2(CCNC(C)(C)CO)CC[C@]3(C)[C@H](CC[C@@H]4[C@@]5(C)CC[C@H](O)C(C)(C)[C@@H]5CC[C@]43C)[C@@H]12. The minimum Gasteiger partial charge on any atom is -0.394 e. The van der Waals surface area contributed by atoms with Gasteiger partial charge in [0.1, 0.15) is 0 Å². The number of nitrogens with one attached hydrogen (secondary N) is 1. The third kappa shape index (κ3) is 3.98. The fourth-order valence-corrected chi connectivity index (χ4v) is 12.4. The number of fused-ring (bicyclic) bond motifs is 7. The second kappa shape index (κ2) is 9.32. The van der Waals surface area contributed by atoms with Gasteiger partial charge in [0.2, 0.25) is 0 Å². The Morgan fingerprint density at radius 3 is 2.24 bits per heavy atom. The summed E-state index contributed by atoms with van der Waals surface area (Å²) in [5.74, 6) is 3.61. The van der Waals surface area contributed by atoms with Gasteiger partial charge in [-0.3, -0.25) is 0 Å². The van der Waals surface area contributed by atoms with Crippen molar-refractivity contribution in [3.05, 3.63) is 12.2 Å². The Kier molecular flexibility index (Phi) is 7.14. The highest BCUT2D eigenvalue weighted by Gasteiger charge is 2.70. The quantitative estimate of drug-likeness (QED) is 0.309. The Labute approximate surface area is 235 Å². The molecular weight excluding hydrogens is 466 g/mol. The van der Waals surface area contributed by atoms with E-state index in [2.05, 4.69) is 67.3 Å². The van der Waals surface area contributed by atoms with Crippen molar-refractivity contribution in [2.24, 2.45) is 56.7 Å². The predicted octanol–water partition coefficient (Wildman–Crippen LogP) is 7.76. The van der Waals surface area contributed by atoms with Crippen molar-refractivity contribution >= 4 is 0 Å². The van der Waals surface area contributed by atoms with Crippen LogP contribution in [0.2, 0.25) is 0 Å². The summed E-state index contributed by atoms with van der Waals surface area (Å²) in [5, 5.41) is 24.5. The van der Waals surface area contributed by atoms with Crippen LogP contribution in [-0.4, -0.2) is 35.0 Å². The molecule has 10 atom stereocenters. The van der Waals surface area contributed by atoms with E-state index in [4.69, 9.17) is 0 Å². The van der Waals surface area contributed by atoms with Gasteiger partial charge >= 0.3 is 0 Å². The van der Waals surface area contributed by atoms with Gasteiger partial charge < -0.3 is 15.5 Å². The Bertz CT molecular complexity index is 925. The third-order valence-electron chi connectivity index (χ3n) is 14.8. The minimum absolute atomic E-state index is 0.0274. The van der Waals surface area contributed by atoms with Crippen molar-refractivity contribution in [1.82, 2.24) is 5.32 Å². The van der Waals surface area contributed by atoms with E-state index in [1.807, 2.05) is 0 Å². The first-order valence-corrected chi connectivity index (χ1v) is 16.3. The van der Waals surface area contributed by atoms with Gasteiger partial charge in [-0.05, 0) is 155 Å². The van der Waals surface area contributed by atoms with Crippen molar-refractivity contribution in [2.45, 2.75) is 138 Å². The van der Waals surface area contributed by atoms with Crippen LogP contribution in [0.15, 0.2) is 12.2 Å². The van der Waals surface area contributed by atoms with E-state index in [0.717, 1.165) is 30.7 Å². The highest BCUT2D eigenvalue weighted by molar-refractivity contribution is 5.21. The van der Waals surface area contributed by atoms with Gasteiger partial charge in [-0.1, -0.05) is 46.8 Å². The Morgan fingerprint density at radius 2 is 1.58 bits per heavy atom. The smallest absolute Gasteiger partial charge is 0.0607 e. The molecule has 0 amide bonds. The lowest BCUT2D eigenvalue weighted by Gasteiger charge is -2.73. The molecule has 3 nitrogen and oxygen atoms in total. The number of aliphatic hydroxyl groups excluding tert-OH is 2. The molecule has 0 bridgehead atoms. The van der Waals surface area contributed by atoms with E-state index in [9.17, 15) is 10.2 Å². The zero-order valence-electron chi connectivity index (χ0n) is 26.3. The fourth-order valence-electron chi connectivity index (χ4n) is 12.4. The normalized spacial score (nSPS) is 49.9. The molecule has 3 heteroatoms. The van der Waals surface area contributed by atoms with Crippen molar-refractivity contribution in [3.8, 4) is 0 Å². The van der Waals surface area contributed by atoms with Crippen molar-refractivity contribution in [3.63, 3.8) is 0 Å². The van der Waals surface area contributed by atoms with Crippen LogP contribution in [0.25, 0.3) is 0 Å². The molecule has 5 saturated carbocycles. The molecule has 218 valence electrons. The lowest BCUT2D eigenvalue weighted by molar-refractivity contribution is -0.247. The molecule has 3 N–H and O–H groups in total. The van der Waals surface area contributed by atoms with Crippen LogP contribution < -0.4 is 5.32 Å². The molecule has 5 aliphatic carbocycles. The summed E-state index contributed by atoms with van der Waals surface area (Å²) < 4.78 is 0. The molecule has 5 fully saturated rings. The third-order valence-corrected chi connectivity index (χ3v) is 14.8. The fraction of sp³-hybridized carbons (Fsp3) is 0.943. The van der Waals surface area contributed by atoms with E-state index < -0.39 is 0 Å². The molecular formula is C35H61NO2. The van der Waals surface area contributed by atoms with Gasteiger partial charge in [0.25, 0.3) is 0 Å². The summed E-state index contributed by atoms with van der Waals surface area (Å²) in [6.07, 6.45) is 14.1. The van der Waals surface area contributed by atoms with E-state index in [-0.39, 0.29) is 23.7 Å². The van der Waals surface area contributed by atoms with Crippen LogP contribution >= 0.6 is 0 Å². The average Bonchev–Trinajstić information content (AvgIpc) is 3.22. The first-order valence-electron chi connectivity index (χ1n) is 16.3. The summed E-state index contributed by atoms with van der Waals surface area (Å²) in [5.41, 5.74) is 2.78. The van der Waals surface area contributed by atoms with Gasteiger partial charge in [-0.15, -0.1) is 0 Å². The Morgan fingerprint density at radius 1 is 0.868 bits per heavy atom. The Hall–Kier alpha value is -0.380. The predicted molar refractivity (Wildman–Crippen MR) is 159 cm³/mol. The topological polar surface area (TPSA) is 52.5 Å². The van der Waals surface area contributed by atoms with Crippen LogP contribution in [0.4, 0.5) is 0 Å². The second-order valence-corrected chi connectivity index (χ2v) is 17.1. The van der Waals surface area contributed by atoms with E-state index >= 15 is 0 Å². The van der Waals surface area contributed by atoms with E-state index in [1.165, 1.54) is 69.8 Å². The maximum atomic E-state index is 11.0. The monoisotopic (exact) mass is 527 g/mol. The van der Waals surface area contributed by atoms with Crippen LogP contribution in [0.1, 0.15) is 126 Å². The minimum atomic E-state index is -0.206. The molecule has 38 heavy (non-hydrogen) atoms. The highest BCUT2D eigenvalue weighted by atomic mass is 16.3. The molecule has 0 heterocycles. The number of allylic oxidation sites excluding steroid dienone is 1. The van der Waals surface area contributed by atoms with Crippen LogP contribution in [-0.2, 0) is 0 Å². The van der Waals surface area contributed by atoms with Crippen molar-refractivity contribution in [2.75, 3.05) is 13.2 Å². The molecule has 0 unspecified atom stereocenters. The molecule has 0 aromatic carbocycles. The molecule has 0 saturated heterocycles. The van der Waals surface area contributed by atoms with Gasteiger partial charge in [0.05, 0.1) is 12.7 Å². The molecule has 0 spiro atoms. The van der Waals surface area contributed by atoms with Gasteiger partial charge in [-0.2, -0.15) is 0 Å². The summed E-state index contributed by atoms with van der Waals surface area (Å²) in [6, 6.07) is 0. The maximum Gasteiger partial charge on any atom is 0.0607 e. The lowest BCUT2D eigenvalue weighted by atomic mass is 9.32. The molecule has 0 aromatic rings. The molecule has 5 aliphatic rings. The highest BCUT2D eigenvalue weighted by Crippen LogP contribution is 2.77. The van der Waals surface area contributed by atoms with Crippen molar-refractivity contribution < 1.29 is 10.2 Å². The largest absolute Gasteiger partial charge is 0.394 e. The lowest BCUT2D eigenvalue weighted by Crippen LogP contribution is -2.66. The van der Waals surface area contributed by atoms with Gasteiger partial charge in [-0.25, -0.2) is 0 Å². The number of rotatable bonds is 6. The van der Waals surface area contributed by atoms with E-state index in [0.29, 0.717) is 33.5 Å². The first kappa shape index (κ1) is 29.1. The summed E-state index contributed by atoms with van der Waals surface area (Å²) >= 11 is 0. The average molecular weight is 528 g/mol. The molecule has 5 rings (SSSR count). The molecule has 0 radical (unpaired) electrons. The van der Waals surface area contributed by atoms with E-state index in [1.54, 1.807) is 0 Å². The van der Waals surface area contributed by atoms with Gasteiger partial charge in [0.15, 0.2) is 0 Å². The summed E-state index contributed by atoms with van der Waals surface area (Å²) in [7, 11) is 0. The van der Waals surface area contributed by atoms with Crippen LogP contribution in [0, 0.1) is 56.7 Å². The standard InChI is InChI=1S/C35H61NO2/c1-23(2)24-12-17-35(20-21-36-30(3,4)22-37)19-18-33(8)25(29(24)35)10-11-27-32(7)15-14-28(38)31(5,6)26(32)13-16-34(27,33)9/h24-29,36-38H,1,10-22H2,2-9H3/t24-,25+,26-,27+,28-,29+,32-,33+,34+,35+/m0/s1.